The lowest BCUT2D eigenvalue weighted by molar-refractivity contribution is -0.127. The second-order valence-corrected chi connectivity index (χ2v) is 2.45. The molecule has 0 heterocycles. The Bertz CT molecular complexity index is 181. The second-order valence-electron chi connectivity index (χ2n) is 2.45. The Labute approximate surface area is 69.9 Å². The molecule has 0 aromatic rings. The molecule has 0 aliphatic carbocycles. The van der Waals surface area contributed by atoms with Gasteiger partial charge in [0, 0.05) is 0 Å². The maximum atomic E-state index is 10.9. The van der Waals surface area contributed by atoms with Crippen molar-refractivity contribution in [2.45, 2.75) is 19.1 Å². The van der Waals surface area contributed by atoms with E-state index in [1.165, 1.54) is 6.92 Å². The Morgan fingerprint density at radius 3 is 2.42 bits per heavy atom. The third-order valence-electron chi connectivity index (χ3n) is 1.26. The van der Waals surface area contributed by atoms with Crippen LogP contribution in [-0.2, 0) is 9.59 Å². The molecule has 0 aliphatic rings. The van der Waals surface area contributed by atoms with Crippen molar-refractivity contribution in [2.75, 3.05) is 6.54 Å². The number of rotatable bonds is 4. The van der Waals surface area contributed by atoms with Crippen LogP contribution in [0.1, 0.15) is 6.92 Å². The lowest BCUT2D eigenvalue weighted by Crippen LogP contribution is -2.49. The molecule has 6 N–H and O–H groups in total. The molecular formula is C6H13N3O3. The number of aliphatic hydroxyl groups excluding tert-OH is 1. The van der Waals surface area contributed by atoms with Gasteiger partial charge in [0.25, 0.3) is 0 Å². The highest BCUT2D eigenvalue weighted by molar-refractivity contribution is 5.86. The smallest absolute Gasteiger partial charge is 0.240 e. The van der Waals surface area contributed by atoms with E-state index < -0.39 is 24.0 Å². The molecule has 0 aliphatic heterocycles. The molecule has 0 aromatic carbocycles. The molecule has 0 unspecified atom stereocenters. The lowest BCUT2D eigenvalue weighted by atomic mass is 10.2. The molecule has 0 fully saturated rings. The molecule has 0 aromatic heterocycles. The molecule has 70 valence electrons. The molecule has 0 radical (unpaired) electrons. The predicted molar refractivity (Wildman–Crippen MR) is 41.9 cm³/mol. The topological polar surface area (TPSA) is 118 Å². The molecule has 0 saturated carbocycles. The molecule has 6 nitrogen and oxygen atoms in total. The van der Waals surface area contributed by atoms with Gasteiger partial charge in [0.2, 0.25) is 11.8 Å². The third-order valence-corrected chi connectivity index (χ3v) is 1.26. The van der Waals surface area contributed by atoms with Crippen LogP contribution in [0.3, 0.4) is 0 Å². The summed E-state index contributed by atoms with van der Waals surface area (Å²) in [6, 6.07) is -1.02. The minimum Gasteiger partial charge on any atom is -0.391 e. The number of aliphatic hydroxyl groups is 1. The number of amides is 2. The van der Waals surface area contributed by atoms with Crippen molar-refractivity contribution in [1.82, 2.24) is 5.32 Å². The highest BCUT2D eigenvalue weighted by atomic mass is 16.3. The van der Waals surface area contributed by atoms with Gasteiger partial charge in [0.15, 0.2) is 0 Å². The van der Waals surface area contributed by atoms with E-state index >= 15 is 0 Å². The average Bonchev–Trinajstić information content (AvgIpc) is 1.98. The van der Waals surface area contributed by atoms with Gasteiger partial charge >= 0.3 is 0 Å². The minimum absolute atomic E-state index is 0.265. The van der Waals surface area contributed by atoms with Crippen LogP contribution in [0.4, 0.5) is 0 Å². The summed E-state index contributed by atoms with van der Waals surface area (Å²) in [5.74, 6) is -1.25. The van der Waals surface area contributed by atoms with Gasteiger partial charge < -0.3 is 21.9 Å². The molecule has 12 heavy (non-hydrogen) atoms. The first-order chi connectivity index (χ1) is 5.45. The molecule has 0 spiro atoms. The Hall–Kier alpha value is -1.14. The summed E-state index contributed by atoms with van der Waals surface area (Å²) in [6.45, 7) is 1.12. The fraction of sp³-hybridized carbons (Fsp3) is 0.667. The van der Waals surface area contributed by atoms with Gasteiger partial charge in [-0.05, 0) is 6.92 Å². The molecular weight excluding hydrogens is 162 g/mol. The number of primary amides is 1. The maximum Gasteiger partial charge on any atom is 0.240 e. The summed E-state index contributed by atoms with van der Waals surface area (Å²) in [4.78, 5) is 21.1. The Morgan fingerprint density at radius 2 is 2.08 bits per heavy atom. The van der Waals surface area contributed by atoms with E-state index in [-0.39, 0.29) is 6.54 Å². The first kappa shape index (κ1) is 10.9. The van der Waals surface area contributed by atoms with Crippen LogP contribution in [0.2, 0.25) is 0 Å². The van der Waals surface area contributed by atoms with Crippen molar-refractivity contribution in [2.24, 2.45) is 11.5 Å². The summed E-state index contributed by atoms with van der Waals surface area (Å²) in [5, 5.41) is 11.0. The van der Waals surface area contributed by atoms with Gasteiger partial charge in [0.05, 0.1) is 12.6 Å². The van der Waals surface area contributed by atoms with E-state index in [2.05, 4.69) is 5.32 Å². The molecule has 2 atom stereocenters. The van der Waals surface area contributed by atoms with E-state index in [0.717, 1.165) is 0 Å². The average molecular weight is 175 g/mol. The van der Waals surface area contributed by atoms with Gasteiger partial charge in [-0.2, -0.15) is 0 Å². The van der Waals surface area contributed by atoms with Crippen molar-refractivity contribution in [3.05, 3.63) is 0 Å². The Kier molecular flexibility index (Phi) is 4.24. The summed E-state index contributed by atoms with van der Waals surface area (Å²) in [5.41, 5.74) is 9.99. The fourth-order valence-electron chi connectivity index (χ4n) is 0.511. The first-order valence-electron chi connectivity index (χ1n) is 3.44. The number of nitrogens with one attached hydrogen (secondary N) is 1. The normalized spacial score (nSPS) is 14.9. The van der Waals surface area contributed by atoms with E-state index in [0.29, 0.717) is 0 Å². The van der Waals surface area contributed by atoms with Crippen molar-refractivity contribution in [3.63, 3.8) is 0 Å². The van der Waals surface area contributed by atoms with Gasteiger partial charge in [0.1, 0.15) is 6.04 Å². The number of hydrogen-bond donors (Lipinski definition) is 4. The van der Waals surface area contributed by atoms with Gasteiger partial charge in [-0.3, -0.25) is 9.59 Å². The van der Waals surface area contributed by atoms with Crippen molar-refractivity contribution in [1.29, 1.82) is 0 Å². The number of carbonyl (C=O) groups is 2. The van der Waals surface area contributed by atoms with Crippen LogP contribution in [0.15, 0.2) is 0 Å². The second kappa shape index (κ2) is 4.68. The van der Waals surface area contributed by atoms with E-state index in [9.17, 15) is 9.59 Å². The van der Waals surface area contributed by atoms with Crippen LogP contribution in [0, 0.1) is 0 Å². The summed E-state index contributed by atoms with van der Waals surface area (Å²) in [6.07, 6.45) is -0.946. The summed E-state index contributed by atoms with van der Waals surface area (Å²) < 4.78 is 0. The van der Waals surface area contributed by atoms with E-state index in [1.807, 2.05) is 0 Å². The first-order valence-corrected chi connectivity index (χ1v) is 3.44. The molecule has 0 saturated heterocycles. The number of nitrogens with two attached hydrogens (primary N) is 2. The molecule has 6 heteroatoms. The fourth-order valence-corrected chi connectivity index (χ4v) is 0.511. The molecule has 0 bridgehead atoms. The van der Waals surface area contributed by atoms with Gasteiger partial charge in [-0.1, -0.05) is 0 Å². The third kappa shape index (κ3) is 3.89. The number of hydrogen-bond acceptors (Lipinski definition) is 4. The lowest BCUT2D eigenvalue weighted by Gasteiger charge is -2.13. The predicted octanol–water partition coefficient (Wildman–Crippen LogP) is -2.70. The van der Waals surface area contributed by atoms with Gasteiger partial charge in [-0.15, -0.1) is 0 Å². The minimum atomic E-state index is -1.02. The maximum absolute atomic E-state index is 10.9. The quantitative estimate of drug-likeness (QED) is 0.371. The van der Waals surface area contributed by atoms with Crippen LogP contribution in [0.5, 0.6) is 0 Å². The van der Waals surface area contributed by atoms with Crippen LogP contribution >= 0.6 is 0 Å². The van der Waals surface area contributed by atoms with Crippen molar-refractivity contribution < 1.29 is 14.7 Å². The van der Waals surface area contributed by atoms with Crippen molar-refractivity contribution in [3.8, 4) is 0 Å². The largest absolute Gasteiger partial charge is 0.391 e. The molecule has 2 amide bonds. The van der Waals surface area contributed by atoms with Crippen LogP contribution < -0.4 is 16.8 Å². The van der Waals surface area contributed by atoms with E-state index in [4.69, 9.17) is 16.6 Å². The monoisotopic (exact) mass is 175 g/mol. The SMILES string of the molecule is C[C@@H](O)[C@H](N)C(=O)NCC(N)=O. The van der Waals surface area contributed by atoms with Crippen LogP contribution in [-0.4, -0.2) is 35.6 Å². The summed E-state index contributed by atoms with van der Waals surface area (Å²) in [7, 11) is 0. The zero-order valence-electron chi connectivity index (χ0n) is 6.78. The zero-order chi connectivity index (χ0) is 9.72. The Balaban J connectivity index is 3.80. The Morgan fingerprint density at radius 1 is 1.58 bits per heavy atom. The zero-order valence-corrected chi connectivity index (χ0v) is 6.78. The summed E-state index contributed by atoms with van der Waals surface area (Å²) >= 11 is 0. The van der Waals surface area contributed by atoms with E-state index in [1.54, 1.807) is 0 Å². The van der Waals surface area contributed by atoms with Crippen molar-refractivity contribution >= 4 is 11.8 Å². The highest BCUT2D eigenvalue weighted by Crippen LogP contribution is 1.87. The van der Waals surface area contributed by atoms with Crippen LogP contribution in [0.25, 0.3) is 0 Å². The molecule has 0 rings (SSSR count). The van der Waals surface area contributed by atoms with Gasteiger partial charge in [-0.25, -0.2) is 0 Å². The number of carbonyl (C=O) groups excluding carboxylic acids is 2. The highest BCUT2D eigenvalue weighted by Gasteiger charge is 2.18. The standard InChI is InChI=1S/C6H13N3O3/c1-3(10)5(8)6(12)9-2-4(7)11/h3,5,10H,2,8H2,1H3,(H2,7,11)(H,9,12)/t3-,5+/m1/s1.